The summed E-state index contributed by atoms with van der Waals surface area (Å²) in [5.41, 5.74) is 0.354. The zero-order valence-corrected chi connectivity index (χ0v) is 10.4. The largest absolute Gasteiger partial charge is 0.482 e. The highest BCUT2D eigenvalue weighted by Gasteiger charge is 2.09. The highest BCUT2D eigenvalue weighted by molar-refractivity contribution is 9.10. The predicted molar refractivity (Wildman–Crippen MR) is 63.6 cm³/mol. The van der Waals surface area contributed by atoms with E-state index in [4.69, 9.17) is 10.00 Å². The molecule has 1 rings (SSSR count). The van der Waals surface area contributed by atoms with Gasteiger partial charge in [-0.1, -0.05) is 6.07 Å². The third-order valence-corrected chi connectivity index (χ3v) is 2.46. The molecule has 17 heavy (non-hydrogen) atoms. The van der Waals surface area contributed by atoms with Crippen LogP contribution in [0, 0.1) is 11.3 Å². The Morgan fingerprint density at radius 2 is 2.35 bits per heavy atom. The fourth-order valence-electron chi connectivity index (χ4n) is 1.10. The Morgan fingerprint density at radius 3 is 3.00 bits per heavy atom. The molecule has 0 fully saturated rings. The third kappa shape index (κ3) is 3.89. The monoisotopic (exact) mass is 296 g/mol. The molecular weight excluding hydrogens is 288 g/mol. The van der Waals surface area contributed by atoms with Gasteiger partial charge in [-0.2, -0.15) is 5.26 Å². The lowest BCUT2D eigenvalue weighted by atomic mass is 10.2. The van der Waals surface area contributed by atoms with Gasteiger partial charge in [0.2, 0.25) is 0 Å². The van der Waals surface area contributed by atoms with Crippen LogP contribution in [0.3, 0.4) is 0 Å². The fourth-order valence-corrected chi connectivity index (χ4v) is 1.59. The quantitative estimate of drug-likeness (QED) is 0.656. The van der Waals surface area contributed by atoms with E-state index in [0.717, 1.165) is 0 Å². The second-order valence-electron chi connectivity index (χ2n) is 3.00. The van der Waals surface area contributed by atoms with Crippen LogP contribution in [-0.2, 0) is 4.79 Å². The van der Waals surface area contributed by atoms with Crippen molar-refractivity contribution in [1.29, 1.82) is 5.26 Å². The molecule has 6 heteroatoms. The first-order valence-electron chi connectivity index (χ1n) is 4.69. The Morgan fingerprint density at radius 1 is 1.59 bits per heavy atom. The van der Waals surface area contributed by atoms with Gasteiger partial charge in [-0.3, -0.25) is 9.59 Å². The number of hydrogen-bond donors (Lipinski definition) is 1. The van der Waals surface area contributed by atoms with Crippen LogP contribution in [0.25, 0.3) is 0 Å². The summed E-state index contributed by atoms with van der Waals surface area (Å²) < 4.78 is 5.81. The molecular formula is C11H9BrN2O3. The molecule has 0 radical (unpaired) electrons. The molecule has 0 aliphatic rings. The van der Waals surface area contributed by atoms with Crippen molar-refractivity contribution in [3.63, 3.8) is 0 Å². The summed E-state index contributed by atoms with van der Waals surface area (Å²) in [5, 5.41) is 10.6. The van der Waals surface area contributed by atoms with Crippen LogP contribution >= 0.6 is 15.9 Å². The first kappa shape index (κ1) is 13.2. The van der Waals surface area contributed by atoms with Gasteiger partial charge >= 0.3 is 0 Å². The smallest absolute Gasteiger partial charge is 0.258 e. The summed E-state index contributed by atoms with van der Waals surface area (Å²) in [6, 6.07) is 6.76. The molecule has 88 valence electrons. The van der Waals surface area contributed by atoms with Crippen molar-refractivity contribution in [3.8, 4) is 11.8 Å². The van der Waals surface area contributed by atoms with Crippen LogP contribution in [0.4, 0.5) is 0 Å². The summed E-state index contributed by atoms with van der Waals surface area (Å²) in [4.78, 5) is 21.9. The molecule has 1 N–H and O–H groups in total. The summed E-state index contributed by atoms with van der Waals surface area (Å²) in [5.74, 6) is -0.103. The molecule has 0 spiro atoms. The maximum absolute atomic E-state index is 11.2. The molecule has 0 unspecified atom stereocenters. The lowest BCUT2D eigenvalue weighted by Gasteiger charge is -2.09. The number of amides is 1. The fraction of sp³-hybridized carbons (Fsp3) is 0.182. The van der Waals surface area contributed by atoms with Crippen LogP contribution in [0.1, 0.15) is 10.4 Å². The Kier molecular flexibility index (Phi) is 5.17. The molecule has 1 amide bonds. The van der Waals surface area contributed by atoms with E-state index >= 15 is 0 Å². The molecule has 0 aliphatic heterocycles. The van der Waals surface area contributed by atoms with E-state index in [1.807, 2.05) is 0 Å². The average Bonchev–Trinajstić information content (AvgIpc) is 2.34. The Hall–Kier alpha value is -1.87. The number of nitrogens with one attached hydrogen (secondary N) is 1. The summed E-state index contributed by atoms with van der Waals surface area (Å²) >= 11 is 3.22. The number of ether oxygens (including phenoxy) is 1. The number of benzene rings is 1. The molecule has 1 aromatic rings. The van der Waals surface area contributed by atoms with E-state index < -0.39 is 5.91 Å². The maximum atomic E-state index is 11.2. The van der Waals surface area contributed by atoms with Gasteiger partial charge < -0.3 is 10.1 Å². The number of nitriles is 1. The second-order valence-corrected chi connectivity index (χ2v) is 3.85. The van der Waals surface area contributed by atoms with Crippen LogP contribution in [0.2, 0.25) is 0 Å². The topological polar surface area (TPSA) is 79.2 Å². The van der Waals surface area contributed by atoms with Crippen molar-refractivity contribution in [2.75, 3.05) is 13.2 Å². The SMILES string of the molecule is N#CCNC(=O)COc1c(Br)cccc1C=O. The number of carbonyl (C=O) groups excluding carboxylic acids is 2. The van der Waals surface area contributed by atoms with Gasteiger partial charge in [0.25, 0.3) is 5.91 Å². The van der Waals surface area contributed by atoms with Crippen molar-refractivity contribution in [2.45, 2.75) is 0 Å². The normalized spacial score (nSPS) is 9.18. The van der Waals surface area contributed by atoms with Crippen molar-refractivity contribution < 1.29 is 14.3 Å². The van der Waals surface area contributed by atoms with Crippen LogP contribution < -0.4 is 10.1 Å². The molecule has 5 nitrogen and oxygen atoms in total. The first-order chi connectivity index (χ1) is 8.19. The Bertz CT molecular complexity index is 468. The maximum Gasteiger partial charge on any atom is 0.258 e. The summed E-state index contributed by atoms with van der Waals surface area (Å²) in [6.07, 6.45) is 0.646. The first-order valence-corrected chi connectivity index (χ1v) is 5.48. The minimum absolute atomic E-state index is 0.0707. The van der Waals surface area contributed by atoms with E-state index in [0.29, 0.717) is 22.1 Å². The highest BCUT2D eigenvalue weighted by atomic mass is 79.9. The van der Waals surface area contributed by atoms with Crippen molar-refractivity contribution in [3.05, 3.63) is 28.2 Å². The zero-order valence-electron chi connectivity index (χ0n) is 8.77. The van der Waals surface area contributed by atoms with Crippen molar-refractivity contribution in [2.24, 2.45) is 0 Å². The zero-order chi connectivity index (χ0) is 12.7. The minimum atomic E-state index is -0.417. The van der Waals surface area contributed by atoms with Gasteiger partial charge in [-0.25, -0.2) is 0 Å². The lowest BCUT2D eigenvalue weighted by Crippen LogP contribution is -2.29. The van der Waals surface area contributed by atoms with Gasteiger partial charge in [-0.05, 0) is 28.1 Å². The van der Waals surface area contributed by atoms with Crippen molar-refractivity contribution in [1.82, 2.24) is 5.32 Å². The number of halogens is 1. The molecule has 0 aliphatic carbocycles. The van der Waals surface area contributed by atoms with E-state index in [9.17, 15) is 9.59 Å². The molecule has 0 heterocycles. The van der Waals surface area contributed by atoms with Gasteiger partial charge in [0, 0.05) is 0 Å². The van der Waals surface area contributed by atoms with Crippen LogP contribution in [0.15, 0.2) is 22.7 Å². The van der Waals surface area contributed by atoms with Crippen molar-refractivity contribution >= 4 is 28.1 Å². The third-order valence-electron chi connectivity index (χ3n) is 1.84. The van der Waals surface area contributed by atoms with E-state index in [1.165, 1.54) is 0 Å². The lowest BCUT2D eigenvalue weighted by molar-refractivity contribution is -0.122. The second kappa shape index (κ2) is 6.66. The molecule has 0 atom stereocenters. The Labute approximate surface area is 107 Å². The number of para-hydroxylation sites is 1. The van der Waals surface area contributed by atoms with Gasteiger partial charge in [-0.15, -0.1) is 0 Å². The molecule has 0 aromatic heterocycles. The summed E-state index contributed by atoms with van der Waals surface area (Å²) in [7, 11) is 0. The minimum Gasteiger partial charge on any atom is -0.482 e. The van der Waals surface area contributed by atoms with Gasteiger partial charge in [0.1, 0.15) is 12.3 Å². The van der Waals surface area contributed by atoms with Crippen LogP contribution in [0.5, 0.6) is 5.75 Å². The number of carbonyl (C=O) groups is 2. The number of rotatable bonds is 5. The van der Waals surface area contributed by atoms with E-state index in [1.54, 1.807) is 24.3 Å². The number of nitrogens with zero attached hydrogens (tertiary/aromatic N) is 1. The number of hydrogen-bond acceptors (Lipinski definition) is 4. The van der Waals surface area contributed by atoms with E-state index in [-0.39, 0.29) is 13.2 Å². The standard InChI is InChI=1S/C11H9BrN2O3/c12-9-3-1-2-8(6-15)11(9)17-7-10(16)14-5-4-13/h1-3,6H,5,7H2,(H,14,16). The average molecular weight is 297 g/mol. The van der Waals surface area contributed by atoms with Gasteiger partial charge in [0.15, 0.2) is 12.9 Å². The van der Waals surface area contributed by atoms with Gasteiger partial charge in [0.05, 0.1) is 16.1 Å². The number of aldehydes is 1. The van der Waals surface area contributed by atoms with Crippen LogP contribution in [-0.4, -0.2) is 25.3 Å². The molecule has 0 bridgehead atoms. The predicted octanol–water partition coefficient (Wildman–Crippen LogP) is 1.28. The van der Waals surface area contributed by atoms with E-state index in [2.05, 4.69) is 21.2 Å². The highest BCUT2D eigenvalue weighted by Crippen LogP contribution is 2.27. The summed E-state index contributed by atoms with van der Waals surface area (Å²) in [6.45, 7) is -0.316. The molecule has 0 saturated carbocycles. The molecule has 0 saturated heterocycles. The molecule has 1 aromatic carbocycles. The Balaban J connectivity index is 2.66.